The minimum absolute atomic E-state index is 0.00501. The largest absolute Gasteiger partial charge is 0.403 e. The highest BCUT2D eigenvalue weighted by Gasteiger charge is 2.69. The molecule has 0 unspecified atom stereocenters. The molecule has 0 bridgehead atoms. The fourth-order valence-electron chi connectivity index (χ4n) is 6.15. The van der Waals surface area contributed by atoms with Crippen LogP contribution in [0.3, 0.4) is 0 Å². The maximum atomic E-state index is 10.9. The van der Waals surface area contributed by atoms with E-state index < -0.39 is 14.1 Å². The molecule has 1 heterocycles. The average Bonchev–Trinajstić information content (AvgIpc) is 3.21. The van der Waals surface area contributed by atoms with Crippen molar-refractivity contribution in [3.63, 3.8) is 0 Å². The molecule has 4 aliphatic rings. The highest BCUT2D eigenvalue weighted by atomic mass is 28.4. The lowest BCUT2D eigenvalue weighted by molar-refractivity contribution is -0.344. The van der Waals surface area contributed by atoms with Crippen molar-refractivity contribution < 1.29 is 19.0 Å². The predicted molar refractivity (Wildman–Crippen MR) is 126 cm³/mol. The van der Waals surface area contributed by atoms with E-state index in [1.165, 1.54) is 32.1 Å². The molecule has 3 saturated carbocycles. The zero-order valence-electron chi connectivity index (χ0n) is 20.6. The summed E-state index contributed by atoms with van der Waals surface area (Å²) < 4.78 is 19.1. The van der Waals surface area contributed by atoms with Crippen LogP contribution in [-0.2, 0) is 13.9 Å². The number of ether oxygens (including phenoxy) is 2. The molecule has 31 heavy (non-hydrogen) atoms. The van der Waals surface area contributed by atoms with E-state index in [1.807, 2.05) is 0 Å². The quantitative estimate of drug-likeness (QED) is 0.457. The summed E-state index contributed by atoms with van der Waals surface area (Å²) in [5.74, 6) is 7.63. The second-order valence-electron chi connectivity index (χ2n) is 12.3. The molecular formula is C26H44O4Si. The second kappa shape index (κ2) is 8.44. The summed E-state index contributed by atoms with van der Waals surface area (Å²) in [6.07, 6.45) is 8.56. The van der Waals surface area contributed by atoms with Crippen molar-refractivity contribution in [3.8, 4) is 11.8 Å². The standard InChI is InChI=1S/C26H44O4Si/c1-24(2,3)31(5,6)30-23(19-10-8-7-9-11-19)13-12-20-21-18-26(28-16-17-29-26)25(21,4)15-14-22(20)27/h19-23,27H,7-11,14-18H2,1-6H3/t20-,21-,22-,23-,25+/m0/s1. The van der Waals surface area contributed by atoms with Crippen LogP contribution in [-0.4, -0.2) is 44.6 Å². The van der Waals surface area contributed by atoms with Gasteiger partial charge in [-0.3, -0.25) is 0 Å². The molecule has 4 rings (SSSR count). The number of rotatable bonds is 3. The van der Waals surface area contributed by atoms with E-state index in [2.05, 4.69) is 52.6 Å². The summed E-state index contributed by atoms with van der Waals surface area (Å²) >= 11 is 0. The molecule has 1 aliphatic heterocycles. The molecule has 0 radical (unpaired) electrons. The van der Waals surface area contributed by atoms with Crippen LogP contribution in [0.25, 0.3) is 0 Å². The third kappa shape index (κ3) is 4.17. The Kier molecular flexibility index (Phi) is 6.47. The molecular weight excluding hydrogens is 404 g/mol. The lowest BCUT2D eigenvalue weighted by Gasteiger charge is -2.64. The van der Waals surface area contributed by atoms with E-state index in [0.29, 0.717) is 25.0 Å². The number of hydrogen-bond acceptors (Lipinski definition) is 4. The Labute approximate surface area is 190 Å². The van der Waals surface area contributed by atoms with Gasteiger partial charge >= 0.3 is 0 Å². The summed E-state index contributed by atoms with van der Waals surface area (Å²) in [5.41, 5.74) is -0.0390. The number of fused-ring (bicyclic) bond motifs is 2. The molecule has 0 aromatic carbocycles. The minimum atomic E-state index is -1.92. The van der Waals surface area contributed by atoms with Crippen molar-refractivity contribution in [2.45, 2.75) is 115 Å². The Hall–Kier alpha value is -0.383. The SMILES string of the molecule is CC(C)(C)[Si](C)(C)O[C@@H](C#C[C@@H]1[C@@H](O)CC[C@]2(C)[C@H]1CC21OCCO1)C1CCCCC1. The normalized spacial score (nSPS) is 36.9. The summed E-state index contributed by atoms with van der Waals surface area (Å²) in [6, 6.07) is 0. The van der Waals surface area contributed by atoms with Crippen molar-refractivity contribution >= 4 is 8.32 Å². The first kappa shape index (κ1) is 23.8. The fraction of sp³-hybridized carbons (Fsp3) is 0.923. The molecule has 0 aromatic rings. The third-order valence-corrected chi connectivity index (χ3v) is 13.9. The van der Waals surface area contributed by atoms with Crippen molar-refractivity contribution in [1.82, 2.24) is 0 Å². The number of aliphatic hydroxyl groups is 1. The monoisotopic (exact) mass is 448 g/mol. The van der Waals surface area contributed by atoms with E-state index in [1.54, 1.807) is 0 Å². The fourth-order valence-corrected chi connectivity index (χ4v) is 7.39. The maximum Gasteiger partial charge on any atom is 0.193 e. The maximum absolute atomic E-state index is 10.9. The topological polar surface area (TPSA) is 47.9 Å². The minimum Gasteiger partial charge on any atom is -0.403 e. The summed E-state index contributed by atoms with van der Waals surface area (Å²) in [6.45, 7) is 15.2. The van der Waals surface area contributed by atoms with E-state index in [-0.39, 0.29) is 28.6 Å². The van der Waals surface area contributed by atoms with Gasteiger partial charge in [-0.1, -0.05) is 58.8 Å². The first-order valence-electron chi connectivity index (χ1n) is 12.6. The van der Waals surface area contributed by atoms with Gasteiger partial charge in [0.2, 0.25) is 0 Å². The van der Waals surface area contributed by atoms with Gasteiger partial charge in [0, 0.05) is 11.8 Å². The molecule has 5 heteroatoms. The van der Waals surface area contributed by atoms with Crippen LogP contribution in [0, 0.1) is 35.0 Å². The molecule has 4 fully saturated rings. The van der Waals surface area contributed by atoms with E-state index in [9.17, 15) is 5.11 Å². The summed E-state index contributed by atoms with van der Waals surface area (Å²) in [5, 5.41) is 11.1. The first-order chi connectivity index (χ1) is 14.5. The van der Waals surface area contributed by atoms with Gasteiger partial charge < -0.3 is 19.0 Å². The first-order valence-corrected chi connectivity index (χ1v) is 15.5. The number of aliphatic hydroxyl groups excluding tert-OH is 1. The number of hydrogen-bond donors (Lipinski definition) is 1. The van der Waals surface area contributed by atoms with Crippen LogP contribution in [0.5, 0.6) is 0 Å². The zero-order valence-corrected chi connectivity index (χ0v) is 21.6. The molecule has 176 valence electrons. The Morgan fingerprint density at radius 3 is 2.32 bits per heavy atom. The van der Waals surface area contributed by atoms with Crippen LogP contribution >= 0.6 is 0 Å². The van der Waals surface area contributed by atoms with E-state index in [0.717, 1.165) is 19.3 Å². The molecule has 4 nitrogen and oxygen atoms in total. The molecule has 0 amide bonds. The van der Waals surface area contributed by atoms with Gasteiger partial charge in [0.15, 0.2) is 14.1 Å². The van der Waals surface area contributed by atoms with Crippen LogP contribution in [0.1, 0.15) is 79.1 Å². The highest BCUT2D eigenvalue weighted by molar-refractivity contribution is 6.74. The van der Waals surface area contributed by atoms with Gasteiger partial charge in [-0.05, 0) is 55.7 Å². The Balaban J connectivity index is 1.56. The smallest absolute Gasteiger partial charge is 0.193 e. The Bertz CT molecular complexity index is 705. The molecule has 1 saturated heterocycles. The highest BCUT2D eigenvalue weighted by Crippen LogP contribution is 2.66. The Morgan fingerprint density at radius 2 is 1.71 bits per heavy atom. The molecule has 5 atom stereocenters. The zero-order chi connectivity index (χ0) is 22.5. The second-order valence-corrected chi connectivity index (χ2v) is 17.1. The van der Waals surface area contributed by atoms with Crippen molar-refractivity contribution in [3.05, 3.63) is 0 Å². The lowest BCUT2D eigenvalue weighted by atomic mass is 9.47. The van der Waals surface area contributed by atoms with Gasteiger partial charge in [-0.25, -0.2) is 0 Å². The molecule has 3 aliphatic carbocycles. The van der Waals surface area contributed by atoms with Gasteiger partial charge in [-0.15, -0.1) is 0 Å². The molecule has 1 N–H and O–H groups in total. The van der Waals surface area contributed by atoms with Gasteiger partial charge in [0.05, 0.1) is 25.2 Å². The lowest BCUT2D eigenvalue weighted by Crippen LogP contribution is -2.67. The van der Waals surface area contributed by atoms with Crippen LogP contribution in [0.15, 0.2) is 0 Å². The average molecular weight is 449 g/mol. The molecule has 0 aromatic heterocycles. The third-order valence-electron chi connectivity index (χ3n) is 9.44. The van der Waals surface area contributed by atoms with E-state index >= 15 is 0 Å². The van der Waals surface area contributed by atoms with Crippen molar-refractivity contribution in [2.24, 2.45) is 23.2 Å². The van der Waals surface area contributed by atoms with Crippen LogP contribution in [0.4, 0.5) is 0 Å². The van der Waals surface area contributed by atoms with Crippen LogP contribution in [0.2, 0.25) is 18.1 Å². The van der Waals surface area contributed by atoms with Crippen molar-refractivity contribution in [2.75, 3.05) is 13.2 Å². The van der Waals surface area contributed by atoms with E-state index in [4.69, 9.17) is 13.9 Å². The van der Waals surface area contributed by atoms with Gasteiger partial charge in [0.25, 0.3) is 0 Å². The van der Waals surface area contributed by atoms with Gasteiger partial charge in [-0.2, -0.15) is 0 Å². The van der Waals surface area contributed by atoms with Gasteiger partial charge in [0.1, 0.15) is 6.10 Å². The summed E-state index contributed by atoms with van der Waals surface area (Å²) in [4.78, 5) is 0. The predicted octanol–water partition coefficient (Wildman–Crippen LogP) is 5.50. The van der Waals surface area contributed by atoms with Crippen LogP contribution < -0.4 is 0 Å². The Morgan fingerprint density at radius 1 is 1.06 bits per heavy atom. The van der Waals surface area contributed by atoms with Crippen molar-refractivity contribution in [1.29, 1.82) is 0 Å². The summed E-state index contributed by atoms with van der Waals surface area (Å²) in [7, 11) is -1.92. The molecule has 1 spiro atoms.